The normalized spacial score (nSPS) is 16.4. The quantitative estimate of drug-likeness (QED) is 0.724. The number of nitrogens with zero attached hydrogens (tertiary/aromatic N) is 4. The smallest absolute Gasteiger partial charge is 0.262 e. The first kappa shape index (κ1) is 18.7. The van der Waals surface area contributed by atoms with Crippen LogP contribution in [0.5, 0.6) is 0 Å². The van der Waals surface area contributed by atoms with E-state index in [1.165, 1.54) is 10.5 Å². The molecule has 4 rings (SSSR count). The van der Waals surface area contributed by atoms with Crippen molar-refractivity contribution >= 4 is 26.8 Å². The molecule has 1 aliphatic heterocycles. The number of fused-ring (bicyclic) bond motifs is 1. The Balaban J connectivity index is 1.50. The summed E-state index contributed by atoms with van der Waals surface area (Å²) in [6.07, 6.45) is 3.96. The number of nitrogens with one attached hydrogen (secondary N) is 1. The molecule has 1 N–H and O–H groups in total. The van der Waals surface area contributed by atoms with Crippen LogP contribution >= 0.6 is 0 Å². The van der Waals surface area contributed by atoms with E-state index in [4.69, 9.17) is 0 Å². The van der Waals surface area contributed by atoms with Gasteiger partial charge in [0.05, 0.1) is 0 Å². The van der Waals surface area contributed by atoms with Gasteiger partial charge in [-0.25, -0.2) is 13.4 Å². The van der Waals surface area contributed by atoms with Gasteiger partial charge in [-0.05, 0) is 37.6 Å². The highest BCUT2D eigenvalue weighted by Crippen LogP contribution is 2.19. The molecule has 1 fully saturated rings. The minimum Gasteiger partial charge on any atom is -0.361 e. The highest BCUT2D eigenvalue weighted by Gasteiger charge is 2.30. The average molecular weight is 401 g/mol. The molecule has 1 aliphatic rings. The fraction of sp³-hybridized carbons (Fsp3) is 0.368. The van der Waals surface area contributed by atoms with Crippen LogP contribution in [-0.2, 0) is 17.1 Å². The lowest BCUT2D eigenvalue weighted by molar-refractivity contribution is 0.0764. The van der Waals surface area contributed by atoms with Crippen molar-refractivity contribution in [2.75, 3.05) is 26.2 Å². The first-order chi connectivity index (χ1) is 13.4. The van der Waals surface area contributed by atoms with E-state index in [1.807, 2.05) is 24.4 Å². The summed E-state index contributed by atoms with van der Waals surface area (Å²) in [5, 5.41) is 1.04. The lowest BCUT2D eigenvalue weighted by Crippen LogP contribution is -2.37. The van der Waals surface area contributed by atoms with Crippen LogP contribution in [0, 0.1) is 6.92 Å². The highest BCUT2D eigenvalue weighted by atomic mass is 32.2. The molecule has 3 aromatic rings. The predicted octanol–water partition coefficient (Wildman–Crippen LogP) is 1.75. The monoisotopic (exact) mass is 401 g/mol. The summed E-state index contributed by atoms with van der Waals surface area (Å²) in [5.41, 5.74) is 1.60. The first-order valence-electron chi connectivity index (χ1n) is 9.23. The van der Waals surface area contributed by atoms with Crippen LogP contribution in [0.15, 0.2) is 41.7 Å². The average Bonchev–Trinajstić information content (AvgIpc) is 3.18. The Kier molecular flexibility index (Phi) is 4.72. The predicted molar refractivity (Wildman–Crippen MR) is 106 cm³/mol. The number of aryl methyl sites for hydroxylation is 2. The molecule has 1 amide bonds. The Morgan fingerprint density at radius 2 is 1.96 bits per heavy atom. The van der Waals surface area contributed by atoms with Crippen molar-refractivity contribution < 1.29 is 13.2 Å². The van der Waals surface area contributed by atoms with Crippen molar-refractivity contribution in [2.45, 2.75) is 18.4 Å². The maximum atomic E-state index is 12.9. The number of benzene rings is 1. The Labute approximate surface area is 163 Å². The van der Waals surface area contributed by atoms with Gasteiger partial charge in [0, 0.05) is 62.1 Å². The van der Waals surface area contributed by atoms with E-state index in [-0.39, 0.29) is 17.5 Å². The molecule has 8 nitrogen and oxygen atoms in total. The zero-order valence-corrected chi connectivity index (χ0v) is 16.7. The van der Waals surface area contributed by atoms with Crippen molar-refractivity contribution in [1.82, 2.24) is 23.7 Å². The third-order valence-electron chi connectivity index (χ3n) is 5.23. The summed E-state index contributed by atoms with van der Waals surface area (Å²) < 4.78 is 28.9. The van der Waals surface area contributed by atoms with Crippen LogP contribution in [0.3, 0.4) is 0 Å². The van der Waals surface area contributed by atoms with E-state index in [0.29, 0.717) is 37.4 Å². The van der Waals surface area contributed by atoms with E-state index in [2.05, 4.69) is 9.97 Å². The van der Waals surface area contributed by atoms with Gasteiger partial charge in [0.25, 0.3) is 15.9 Å². The maximum Gasteiger partial charge on any atom is 0.262 e. The molecule has 1 aromatic carbocycles. The molecule has 0 atom stereocenters. The van der Waals surface area contributed by atoms with Crippen LogP contribution in [0.2, 0.25) is 0 Å². The van der Waals surface area contributed by atoms with Crippen molar-refractivity contribution in [2.24, 2.45) is 7.05 Å². The molecule has 0 radical (unpaired) electrons. The minimum absolute atomic E-state index is 0.0604. The van der Waals surface area contributed by atoms with Gasteiger partial charge in [-0.15, -0.1) is 0 Å². The summed E-state index contributed by atoms with van der Waals surface area (Å²) in [6.45, 7) is 3.28. The van der Waals surface area contributed by atoms with E-state index in [1.54, 1.807) is 29.5 Å². The fourth-order valence-corrected chi connectivity index (χ4v) is 4.98. The van der Waals surface area contributed by atoms with Crippen molar-refractivity contribution in [3.63, 3.8) is 0 Å². The largest absolute Gasteiger partial charge is 0.361 e. The molecule has 1 saturated heterocycles. The van der Waals surface area contributed by atoms with Crippen LogP contribution in [-0.4, -0.2) is 64.2 Å². The summed E-state index contributed by atoms with van der Waals surface area (Å²) in [4.78, 5) is 21.9. The van der Waals surface area contributed by atoms with Crippen molar-refractivity contribution in [1.29, 1.82) is 0 Å². The van der Waals surface area contributed by atoms with Gasteiger partial charge >= 0.3 is 0 Å². The molecule has 0 bridgehead atoms. The molecule has 9 heteroatoms. The van der Waals surface area contributed by atoms with Crippen molar-refractivity contribution in [3.8, 4) is 0 Å². The molecule has 2 aromatic heterocycles. The van der Waals surface area contributed by atoms with Gasteiger partial charge in [-0.1, -0.05) is 0 Å². The second-order valence-electron chi connectivity index (χ2n) is 7.07. The third kappa shape index (κ3) is 3.31. The van der Waals surface area contributed by atoms with Crippen LogP contribution in [0.1, 0.15) is 22.6 Å². The molecule has 0 unspecified atom stereocenters. The topological polar surface area (TPSA) is 91.3 Å². The number of H-pyrrole nitrogens is 1. The number of amides is 1. The SMILES string of the molecule is Cc1nc(S(=O)(=O)N2CCCN(C(=O)c3ccc4[nH]ccc4c3)CC2)cn1C. The molecule has 0 aliphatic carbocycles. The summed E-state index contributed by atoms with van der Waals surface area (Å²) in [5.74, 6) is 0.571. The lowest BCUT2D eigenvalue weighted by Gasteiger charge is -2.21. The van der Waals surface area contributed by atoms with Crippen molar-refractivity contribution in [3.05, 3.63) is 48.0 Å². The number of aromatic amines is 1. The van der Waals surface area contributed by atoms with E-state index >= 15 is 0 Å². The number of carbonyl (C=O) groups excluding carboxylic acids is 1. The minimum atomic E-state index is -3.66. The standard InChI is InChI=1S/C19H23N5O3S/c1-14-21-18(13-22(14)2)28(26,27)24-9-3-8-23(10-11-24)19(25)16-4-5-17-15(12-16)6-7-20-17/h4-7,12-13,20H,3,8-11H2,1-2H3. The molecule has 28 heavy (non-hydrogen) atoms. The summed E-state index contributed by atoms with van der Waals surface area (Å²) in [7, 11) is -1.89. The number of carbonyl (C=O) groups is 1. The van der Waals surface area contributed by atoms with Gasteiger partial charge in [0.15, 0.2) is 5.03 Å². The van der Waals surface area contributed by atoms with E-state index in [0.717, 1.165) is 10.9 Å². The molecular formula is C19H23N5O3S. The maximum absolute atomic E-state index is 12.9. The number of hydrogen-bond acceptors (Lipinski definition) is 4. The second-order valence-corrected chi connectivity index (χ2v) is 8.95. The van der Waals surface area contributed by atoms with Gasteiger partial charge in [-0.3, -0.25) is 4.79 Å². The Bertz CT molecular complexity index is 1110. The Morgan fingerprint density at radius 3 is 2.71 bits per heavy atom. The van der Waals surface area contributed by atoms with Crippen LogP contribution < -0.4 is 0 Å². The second kappa shape index (κ2) is 7.06. The summed E-state index contributed by atoms with van der Waals surface area (Å²) in [6, 6.07) is 7.49. The number of aromatic nitrogens is 3. The molecular weight excluding hydrogens is 378 g/mol. The van der Waals surface area contributed by atoms with Gasteiger partial charge in [0.2, 0.25) is 0 Å². The molecule has 0 spiro atoms. The molecule has 3 heterocycles. The zero-order chi connectivity index (χ0) is 19.9. The number of rotatable bonds is 3. The number of sulfonamides is 1. The lowest BCUT2D eigenvalue weighted by atomic mass is 10.1. The number of hydrogen-bond donors (Lipinski definition) is 1. The fourth-order valence-electron chi connectivity index (χ4n) is 3.49. The summed E-state index contributed by atoms with van der Waals surface area (Å²) >= 11 is 0. The van der Waals surface area contributed by atoms with E-state index < -0.39 is 10.0 Å². The van der Waals surface area contributed by atoms with E-state index in [9.17, 15) is 13.2 Å². The number of imidazole rings is 1. The molecule has 0 saturated carbocycles. The Hall–Kier alpha value is -2.65. The first-order valence-corrected chi connectivity index (χ1v) is 10.7. The van der Waals surface area contributed by atoms with Gasteiger partial charge < -0.3 is 14.5 Å². The van der Waals surface area contributed by atoms with Gasteiger partial charge in [-0.2, -0.15) is 4.31 Å². The zero-order valence-electron chi connectivity index (χ0n) is 15.9. The third-order valence-corrected chi connectivity index (χ3v) is 7.00. The molecule has 148 valence electrons. The Morgan fingerprint density at radius 1 is 1.14 bits per heavy atom. The highest BCUT2D eigenvalue weighted by molar-refractivity contribution is 7.89. The van der Waals surface area contributed by atoms with Gasteiger partial charge in [0.1, 0.15) is 5.82 Å². The van der Waals surface area contributed by atoms with Crippen LogP contribution in [0.4, 0.5) is 0 Å². The van der Waals surface area contributed by atoms with Crippen LogP contribution in [0.25, 0.3) is 10.9 Å².